The molecule has 0 saturated heterocycles. The molecule has 4 rings (SSSR count). The number of aromatic nitrogens is 1. The lowest BCUT2D eigenvalue weighted by atomic mass is 10.0. The van der Waals surface area contributed by atoms with Gasteiger partial charge in [-0.3, -0.25) is 9.69 Å². The molecule has 0 spiro atoms. The van der Waals surface area contributed by atoms with Crippen LogP contribution in [0.4, 0.5) is 17.3 Å². The van der Waals surface area contributed by atoms with Crippen molar-refractivity contribution in [2.75, 3.05) is 4.90 Å². The van der Waals surface area contributed by atoms with Gasteiger partial charge in [-0.15, -0.1) is 0 Å². The van der Waals surface area contributed by atoms with Gasteiger partial charge in [-0.2, -0.15) is 0 Å². The van der Waals surface area contributed by atoms with Gasteiger partial charge < -0.3 is 4.52 Å². The first-order valence-corrected chi connectivity index (χ1v) is 8.10. The van der Waals surface area contributed by atoms with Crippen LogP contribution in [0.25, 0.3) is 10.8 Å². The molecule has 0 unspecified atom stereocenters. The molecule has 25 heavy (non-hydrogen) atoms. The lowest BCUT2D eigenvalue weighted by Crippen LogP contribution is -2.12. The van der Waals surface area contributed by atoms with E-state index in [0.717, 1.165) is 16.5 Å². The zero-order valence-corrected chi connectivity index (χ0v) is 13.9. The summed E-state index contributed by atoms with van der Waals surface area (Å²) in [4.78, 5) is 13.9. The van der Waals surface area contributed by atoms with Gasteiger partial charge in [-0.1, -0.05) is 47.6 Å². The molecule has 3 aromatic carbocycles. The number of carbonyl (C=O) groups is 1. The van der Waals surface area contributed by atoms with Gasteiger partial charge in [0.1, 0.15) is 0 Å². The minimum Gasteiger partial charge on any atom is -0.338 e. The highest BCUT2D eigenvalue weighted by Crippen LogP contribution is 2.38. The van der Waals surface area contributed by atoms with Crippen LogP contribution < -0.4 is 4.90 Å². The number of para-hydroxylation sites is 1. The SMILES string of the molecule is O=C(Cl)c1cc2ccccc2cc1N(c1ccccc1)c1ccno1. The van der Waals surface area contributed by atoms with Gasteiger partial charge in [-0.05, 0) is 46.6 Å². The Balaban J connectivity index is 2.01. The van der Waals surface area contributed by atoms with Crippen molar-refractivity contribution in [3.63, 3.8) is 0 Å². The fraction of sp³-hybridized carbons (Fsp3) is 0. The summed E-state index contributed by atoms with van der Waals surface area (Å²) in [5.74, 6) is 0.501. The average Bonchev–Trinajstić information content (AvgIpc) is 3.16. The number of anilines is 3. The summed E-state index contributed by atoms with van der Waals surface area (Å²) in [7, 11) is 0. The third-order valence-electron chi connectivity index (χ3n) is 3.98. The molecule has 122 valence electrons. The molecule has 0 atom stereocenters. The van der Waals surface area contributed by atoms with Crippen molar-refractivity contribution in [3.8, 4) is 0 Å². The Labute approximate surface area is 149 Å². The lowest BCUT2D eigenvalue weighted by molar-refractivity contribution is 0.108. The van der Waals surface area contributed by atoms with E-state index >= 15 is 0 Å². The van der Waals surface area contributed by atoms with Crippen molar-refractivity contribution in [1.82, 2.24) is 5.16 Å². The Morgan fingerprint density at radius 3 is 2.24 bits per heavy atom. The first kappa shape index (κ1) is 15.4. The Morgan fingerprint density at radius 1 is 0.920 bits per heavy atom. The standard InChI is InChI=1S/C20H13ClN2O2/c21-20(24)17-12-14-6-4-5-7-15(14)13-18(17)23(19-10-11-22-25-19)16-8-2-1-3-9-16/h1-13H. The van der Waals surface area contributed by atoms with E-state index in [9.17, 15) is 4.79 Å². The third-order valence-corrected chi connectivity index (χ3v) is 4.18. The molecule has 0 radical (unpaired) electrons. The summed E-state index contributed by atoms with van der Waals surface area (Å²) in [6.07, 6.45) is 1.56. The summed E-state index contributed by atoms with van der Waals surface area (Å²) in [5.41, 5.74) is 1.89. The van der Waals surface area contributed by atoms with Gasteiger partial charge in [0.25, 0.3) is 5.24 Å². The second kappa shape index (κ2) is 6.42. The molecular weight excluding hydrogens is 336 g/mol. The maximum Gasteiger partial charge on any atom is 0.254 e. The summed E-state index contributed by atoms with van der Waals surface area (Å²) >= 11 is 5.89. The summed E-state index contributed by atoms with van der Waals surface area (Å²) < 4.78 is 5.37. The number of carbonyl (C=O) groups excluding carboxylic acids is 1. The number of fused-ring (bicyclic) bond motifs is 1. The first-order chi connectivity index (χ1) is 12.2. The van der Waals surface area contributed by atoms with Gasteiger partial charge in [-0.25, -0.2) is 0 Å². The van der Waals surface area contributed by atoms with E-state index in [0.29, 0.717) is 17.1 Å². The van der Waals surface area contributed by atoms with E-state index < -0.39 is 5.24 Å². The molecule has 1 heterocycles. The van der Waals surface area contributed by atoms with Crippen LogP contribution in [-0.4, -0.2) is 10.4 Å². The molecule has 0 saturated carbocycles. The number of benzene rings is 3. The van der Waals surface area contributed by atoms with Crippen LogP contribution in [0, 0.1) is 0 Å². The molecule has 1 aromatic heterocycles. The van der Waals surface area contributed by atoms with Crippen molar-refractivity contribution >= 4 is 44.9 Å². The van der Waals surface area contributed by atoms with Crippen LogP contribution in [0.15, 0.2) is 83.5 Å². The summed E-state index contributed by atoms with van der Waals surface area (Å²) in [6, 6.07) is 22.9. The average molecular weight is 349 g/mol. The monoisotopic (exact) mass is 348 g/mol. The Hall–Kier alpha value is -3.11. The van der Waals surface area contributed by atoms with E-state index in [1.54, 1.807) is 18.3 Å². The molecule has 0 fully saturated rings. The first-order valence-electron chi connectivity index (χ1n) is 7.72. The van der Waals surface area contributed by atoms with Gasteiger partial charge in [0.05, 0.1) is 17.4 Å². The van der Waals surface area contributed by atoms with E-state index in [-0.39, 0.29) is 0 Å². The van der Waals surface area contributed by atoms with Crippen molar-refractivity contribution in [1.29, 1.82) is 0 Å². The predicted molar refractivity (Wildman–Crippen MR) is 98.9 cm³/mol. The molecular formula is C20H13ClN2O2. The number of hydrogen-bond acceptors (Lipinski definition) is 4. The lowest BCUT2D eigenvalue weighted by Gasteiger charge is -2.24. The summed E-state index contributed by atoms with van der Waals surface area (Å²) in [5, 5.41) is 5.21. The summed E-state index contributed by atoms with van der Waals surface area (Å²) in [6.45, 7) is 0. The van der Waals surface area contributed by atoms with Crippen LogP contribution in [0.2, 0.25) is 0 Å². The maximum atomic E-state index is 12.1. The van der Waals surface area contributed by atoms with E-state index in [2.05, 4.69) is 5.16 Å². The normalized spacial score (nSPS) is 10.8. The molecule has 5 heteroatoms. The van der Waals surface area contributed by atoms with Crippen LogP contribution in [-0.2, 0) is 0 Å². The fourth-order valence-corrected chi connectivity index (χ4v) is 3.01. The smallest absolute Gasteiger partial charge is 0.254 e. The van der Waals surface area contributed by atoms with E-state index in [4.69, 9.17) is 16.1 Å². The van der Waals surface area contributed by atoms with Crippen molar-refractivity contribution < 1.29 is 9.32 Å². The maximum absolute atomic E-state index is 12.1. The highest BCUT2D eigenvalue weighted by atomic mass is 35.5. The molecule has 4 nitrogen and oxygen atoms in total. The number of hydrogen-bond donors (Lipinski definition) is 0. The van der Waals surface area contributed by atoms with Gasteiger partial charge in [0, 0.05) is 11.8 Å². The van der Waals surface area contributed by atoms with E-state index in [1.807, 2.05) is 65.6 Å². The molecule has 0 aliphatic carbocycles. The minimum absolute atomic E-state index is 0.403. The van der Waals surface area contributed by atoms with Crippen molar-refractivity contribution in [3.05, 3.63) is 84.6 Å². The zero-order chi connectivity index (χ0) is 17.2. The Morgan fingerprint density at radius 2 is 1.60 bits per heavy atom. The van der Waals surface area contributed by atoms with Crippen LogP contribution in [0.3, 0.4) is 0 Å². The minimum atomic E-state index is -0.527. The highest BCUT2D eigenvalue weighted by molar-refractivity contribution is 6.68. The van der Waals surface area contributed by atoms with Gasteiger partial charge in [0.2, 0.25) is 5.88 Å². The molecule has 0 bridgehead atoms. The van der Waals surface area contributed by atoms with Crippen molar-refractivity contribution in [2.45, 2.75) is 0 Å². The number of halogens is 1. The van der Waals surface area contributed by atoms with Gasteiger partial charge in [0.15, 0.2) is 0 Å². The van der Waals surface area contributed by atoms with Crippen LogP contribution in [0.5, 0.6) is 0 Å². The zero-order valence-electron chi connectivity index (χ0n) is 13.1. The van der Waals surface area contributed by atoms with Crippen LogP contribution >= 0.6 is 11.6 Å². The molecule has 0 aliphatic rings. The topological polar surface area (TPSA) is 46.3 Å². The Bertz CT molecular complexity index is 1030. The molecule has 4 aromatic rings. The Kier molecular flexibility index (Phi) is 3.96. The highest BCUT2D eigenvalue weighted by Gasteiger charge is 2.22. The molecule has 0 aliphatic heterocycles. The van der Waals surface area contributed by atoms with Crippen LogP contribution in [0.1, 0.15) is 10.4 Å². The van der Waals surface area contributed by atoms with Crippen molar-refractivity contribution in [2.24, 2.45) is 0 Å². The molecule has 0 amide bonds. The second-order valence-corrected chi connectivity index (χ2v) is 5.86. The van der Waals surface area contributed by atoms with E-state index in [1.165, 1.54) is 0 Å². The fourth-order valence-electron chi connectivity index (χ4n) is 2.86. The largest absolute Gasteiger partial charge is 0.338 e. The number of nitrogens with zero attached hydrogens (tertiary/aromatic N) is 2. The molecule has 0 N–H and O–H groups in total. The third kappa shape index (κ3) is 2.88. The predicted octanol–water partition coefficient (Wildman–Crippen LogP) is 5.68. The second-order valence-electron chi connectivity index (χ2n) is 5.51. The quantitative estimate of drug-likeness (QED) is 0.445. The van der Waals surface area contributed by atoms with Gasteiger partial charge >= 0.3 is 0 Å². The number of rotatable bonds is 4.